The molecule has 0 spiro atoms. The molecule has 1 aliphatic heterocycles. The predicted molar refractivity (Wildman–Crippen MR) is 102 cm³/mol. The van der Waals surface area contributed by atoms with Crippen molar-refractivity contribution in [1.82, 2.24) is 0 Å². The van der Waals surface area contributed by atoms with Crippen LogP contribution in [-0.2, 0) is 25.3 Å². The lowest BCUT2D eigenvalue weighted by Gasteiger charge is -2.22. The minimum absolute atomic E-state index is 0.0367. The molecule has 2 amide bonds. The Labute approximate surface area is 169 Å². The number of carbonyl (C=O) groups is 3. The van der Waals surface area contributed by atoms with E-state index in [1.165, 1.54) is 6.07 Å². The number of rotatable bonds is 5. The highest BCUT2D eigenvalue weighted by molar-refractivity contribution is 6.38. The van der Waals surface area contributed by atoms with E-state index in [0.29, 0.717) is 5.69 Å². The molecule has 30 heavy (non-hydrogen) atoms. The Hall–Kier alpha value is -3.69. The van der Waals surface area contributed by atoms with Crippen LogP contribution in [0.4, 0.5) is 24.5 Å². The number of benzene rings is 2. The van der Waals surface area contributed by atoms with E-state index in [2.05, 4.69) is 10.4 Å². The van der Waals surface area contributed by atoms with Crippen molar-refractivity contribution in [2.75, 3.05) is 16.9 Å². The predicted octanol–water partition coefficient (Wildman–Crippen LogP) is 3.37. The first-order valence-corrected chi connectivity index (χ1v) is 8.84. The van der Waals surface area contributed by atoms with Gasteiger partial charge in [0.1, 0.15) is 5.71 Å². The maximum atomic E-state index is 12.7. The highest BCUT2D eigenvalue weighted by Gasteiger charge is 2.30. The lowest BCUT2D eigenvalue weighted by atomic mass is 10.1. The monoisotopic (exact) mass is 419 g/mol. The molecule has 2 aromatic rings. The molecule has 0 saturated heterocycles. The van der Waals surface area contributed by atoms with Gasteiger partial charge in [-0.2, -0.15) is 18.3 Å². The number of amides is 2. The van der Waals surface area contributed by atoms with E-state index in [0.717, 1.165) is 23.2 Å². The fourth-order valence-electron chi connectivity index (χ4n) is 2.66. The minimum Gasteiger partial charge on any atom is -0.451 e. The van der Waals surface area contributed by atoms with Crippen molar-refractivity contribution in [2.45, 2.75) is 19.0 Å². The van der Waals surface area contributed by atoms with Gasteiger partial charge in [0.25, 0.3) is 5.91 Å². The maximum absolute atomic E-state index is 12.7. The zero-order chi connectivity index (χ0) is 21.7. The Morgan fingerprint density at radius 3 is 2.50 bits per heavy atom. The standard InChI is InChI=1S/C20H16F3N3O4/c21-20(22,23)13-5-4-6-14(11-13)24-17(27)12-30-19(29)16-9-10-18(28)26(25-16)15-7-2-1-3-8-15/h1-8,11H,9-10,12H2,(H,24,27). The molecule has 0 bridgehead atoms. The van der Waals surface area contributed by atoms with Crippen LogP contribution in [0.25, 0.3) is 0 Å². The average molecular weight is 419 g/mol. The molecule has 10 heteroatoms. The molecular weight excluding hydrogens is 403 g/mol. The van der Waals surface area contributed by atoms with Gasteiger partial charge in [0, 0.05) is 18.5 Å². The molecule has 0 saturated carbocycles. The van der Waals surface area contributed by atoms with Crippen LogP contribution in [0, 0.1) is 0 Å². The van der Waals surface area contributed by atoms with E-state index in [9.17, 15) is 27.6 Å². The number of anilines is 2. The topological polar surface area (TPSA) is 88.1 Å². The Morgan fingerprint density at radius 1 is 1.07 bits per heavy atom. The molecule has 0 radical (unpaired) electrons. The Bertz CT molecular complexity index is 990. The van der Waals surface area contributed by atoms with Crippen LogP contribution >= 0.6 is 0 Å². The summed E-state index contributed by atoms with van der Waals surface area (Å²) in [4.78, 5) is 36.2. The number of nitrogens with zero attached hydrogens (tertiary/aromatic N) is 2. The van der Waals surface area contributed by atoms with Crippen LogP contribution in [-0.4, -0.2) is 30.1 Å². The van der Waals surface area contributed by atoms with Gasteiger partial charge in [-0.1, -0.05) is 24.3 Å². The third-order valence-electron chi connectivity index (χ3n) is 4.08. The molecular formula is C20H16F3N3O4. The van der Waals surface area contributed by atoms with Crippen molar-refractivity contribution in [2.24, 2.45) is 5.10 Å². The molecule has 0 aliphatic carbocycles. The van der Waals surface area contributed by atoms with E-state index in [-0.39, 0.29) is 30.1 Å². The maximum Gasteiger partial charge on any atom is 0.416 e. The molecule has 156 valence electrons. The number of ether oxygens (including phenoxy) is 1. The van der Waals surface area contributed by atoms with Crippen molar-refractivity contribution < 1.29 is 32.3 Å². The molecule has 1 aliphatic rings. The lowest BCUT2D eigenvalue weighted by molar-refractivity contribution is -0.140. The largest absolute Gasteiger partial charge is 0.451 e. The number of para-hydroxylation sites is 1. The number of alkyl halides is 3. The molecule has 3 rings (SSSR count). The number of hydrazone groups is 1. The number of carbonyl (C=O) groups excluding carboxylic acids is 3. The third kappa shape index (κ3) is 5.22. The van der Waals surface area contributed by atoms with Gasteiger partial charge in [0.2, 0.25) is 5.91 Å². The smallest absolute Gasteiger partial charge is 0.416 e. The SMILES string of the molecule is O=C(COC(=O)C1=NN(c2ccccc2)C(=O)CC1)Nc1cccc(C(F)(F)F)c1. The van der Waals surface area contributed by atoms with Gasteiger partial charge >= 0.3 is 12.1 Å². The fourth-order valence-corrected chi connectivity index (χ4v) is 2.66. The van der Waals surface area contributed by atoms with Gasteiger partial charge in [-0.25, -0.2) is 9.80 Å². The third-order valence-corrected chi connectivity index (χ3v) is 4.08. The highest BCUT2D eigenvalue weighted by atomic mass is 19.4. The summed E-state index contributed by atoms with van der Waals surface area (Å²) in [5.41, 5.74) is -0.554. The summed E-state index contributed by atoms with van der Waals surface area (Å²) < 4.78 is 43.1. The molecule has 7 nitrogen and oxygen atoms in total. The molecule has 0 aromatic heterocycles. The van der Waals surface area contributed by atoms with Crippen molar-refractivity contribution in [3.05, 3.63) is 60.2 Å². The fraction of sp³-hybridized carbons (Fsp3) is 0.200. The highest BCUT2D eigenvalue weighted by Crippen LogP contribution is 2.30. The van der Waals surface area contributed by atoms with Gasteiger partial charge < -0.3 is 10.1 Å². The summed E-state index contributed by atoms with van der Waals surface area (Å²) >= 11 is 0. The van der Waals surface area contributed by atoms with Crippen LogP contribution in [0.3, 0.4) is 0 Å². The number of hydrogen-bond acceptors (Lipinski definition) is 5. The summed E-state index contributed by atoms with van der Waals surface area (Å²) in [5, 5.41) is 7.32. The number of esters is 1. The molecule has 2 aromatic carbocycles. The quantitative estimate of drug-likeness (QED) is 0.753. The number of hydrogen-bond donors (Lipinski definition) is 1. The van der Waals surface area contributed by atoms with Gasteiger partial charge in [-0.05, 0) is 30.3 Å². The first kappa shape index (κ1) is 21.0. The van der Waals surface area contributed by atoms with Crippen molar-refractivity contribution in [3.63, 3.8) is 0 Å². The molecule has 1 heterocycles. The molecule has 0 atom stereocenters. The molecule has 1 N–H and O–H groups in total. The van der Waals surface area contributed by atoms with E-state index >= 15 is 0 Å². The average Bonchev–Trinajstić information content (AvgIpc) is 2.72. The van der Waals surface area contributed by atoms with Crippen LogP contribution in [0.1, 0.15) is 18.4 Å². The first-order chi connectivity index (χ1) is 14.2. The van der Waals surface area contributed by atoms with E-state index in [4.69, 9.17) is 4.74 Å². The van der Waals surface area contributed by atoms with Crippen LogP contribution < -0.4 is 10.3 Å². The minimum atomic E-state index is -4.55. The van der Waals surface area contributed by atoms with Crippen LogP contribution in [0.15, 0.2) is 59.7 Å². The van der Waals surface area contributed by atoms with Crippen molar-refractivity contribution >= 4 is 34.9 Å². The van der Waals surface area contributed by atoms with E-state index in [1.807, 2.05) is 0 Å². The summed E-state index contributed by atoms with van der Waals surface area (Å²) in [6.45, 7) is -0.715. The van der Waals surface area contributed by atoms with Crippen LogP contribution in [0.5, 0.6) is 0 Å². The van der Waals surface area contributed by atoms with Gasteiger partial charge in [0.05, 0.1) is 11.3 Å². The zero-order valence-electron chi connectivity index (χ0n) is 15.5. The second-order valence-corrected chi connectivity index (χ2v) is 6.29. The Balaban J connectivity index is 1.60. The van der Waals surface area contributed by atoms with E-state index in [1.54, 1.807) is 30.3 Å². The Kier molecular flexibility index (Phi) is 6.14. The normalized spacial score (nSPS) is 14.2. The summed E-state index contributed by atoms with van der Waals surface area (Å²) in [6, 6.07) is 12.6. The Morgan fingerprint density at radius 2 is 1.80 bits per heavy atom. The van der Waals surface area contributed by atoms with Crippen molar-refractivity contribution in [1.29, 1.82) is 0 Å². The number of nitrogens with one attached hydrogen (secondary N) is 1. The van der Waals surface area contributed by atoms with E-state index < -0.39 is 30.2 Å². The van der Waals surface area contributed by atoms with Gasteiger partial charge in [-0.3, -0.25) is 9.59 Å². The summed E-state index contributed by atoms with van der Waals surface area (Å²) in [7, 11) is 0. The summed E-state index contributed by atoms with van der Waals surface area (Å²) in [5.74, 6) is -1.99. The summed E-state index contributed by atoms with van der Waals surface area (Å²) in [6.07, 6.45) is -4.45. The molecule has 0 unspecified atom stereocenters. The van der Waals surface area contributed by atoms with Crippen molar-refractivity contribution in [3.8, 4) is 0 Å². The first-order valence-electron chi connectivity index (χ1n) is 8.84. The second-order valence-electron chi connectivity index (χ2n) is 6.29. The van der Waals surface area contributed by atoms with Gasteiger partial charge in [0.15, 0.2) is 6.61 Å². The van der Waals surface area contributed by atoms with Gasteiger partial charge in [-0.15, -0.1) is 0 Å². The second kappa shape index (κ2) is 8.76. The lowest BCUT2D eigenvalue weighted by Crippen LogP contribution is -2.35. The molecule has 0 fully saturated rings. The number of halogens is 3. The van der Waals surface area contributed by atoms with Crippen LogP contribution in [0.2, 0.25) is 0 Å². The zero-order valence-corrected chi connectivity index (χ0v) is 15.5.